The van der Waals surface area contributed by atoms with Crippen LogP contribution < -0.4 is 0 Å². The molecule has 25 heavy (non-hydrogen) atoms. The first-order valence-electron chi connectivity index (χ1n) is 8.42. The summed E-state index contributed by atoms with van der Waals surface area (Å²) in [5, 5.41) is 9.73. The number of likely N-dealkylation sites (tertiary alicyclic amines) is 1. The lowest BCUT2D eigenvalue weighted by molar-refractivity contribution is -0.144. The molecule has 1 heterocycles. The highest BCUT2D eigenvalue weighted by molar-refractivity contribution is 5.81. The average molecular weight is 339 g/mol. The Kier molecular flexibility index (Phi) is 5.33. The molecule has 2 aromatic rings. The molecule has 1 amide bonds. The van der Waals surface area contributed by atoms with E-state index in [0.29, 0.717) is 6.54 Å². The number of nitrogens with zero attached hydrogens (tertiary/aromatic N) is 1. The van der Waals surface area contributed by atoms with Crippen LogP contribution in [0.2, 0.25) is 0 Å². The highest BCUT2D eigenvalue weighted by Gasteiger charge is 2.40. The Bertz CT molecular complexity index is 717. The van der Waals surface area contributed by atoms with Crippen LogP contribution >= 0.6 is 0 Å². The molecule has 5 heteroatoms. The van der Waals surface area contributed by atoms with Crippen molar-refractivity contribution in [2.24, 2.45) is 0 Å². The Morgan fingerprint density at radius 1 is 1.04 bits per heavy atom. The van der Waals surface area contributed by atoms with Crippen molar-refractivity contribution in [1.29, 1.82) is 0 Å². The van der Waals surface area contributed by atoms with E-state index in [1.807, 2.05) is 60.7 Å². The third-order valence-electron chi connectivity index (χ3n) is 4.55. The van der Waals surface area contributed by atoms with E-state index in [1.165, 1.54) is 4.90 Å². The summed E-state index contributed by atoms with van der Waals surface area (Å²) in [6, 6.07) is 18.0. The number of carbonyl (C=O) groups excluding carboxylic acids is 1. The number of piperidine rings is 1. The zero-order chi connectivity index (χ0) is 17.6. The second-order valence-corrected chi connectivity index (χ2v) is 6.18. The monoisotopic (exact) mass is 339 g/mol. The van der Waals surface area contributed by atoms with Gasteiger partial charge in [-0.15, -0.1) is 0 Å². The fourth-order valence-electron chi connectivity index (χ4n) is 3.36. The number of ether oxygens (including phenoxy) is 1. The lowest BCUT2D eigenvalue weighted by Gasteiger charge is -2.38. The van der Waals surface area contributed by atoms with E-state index in [4.69, 9.17) is 4.74 Å². The van der Waals surface area contributed by atoms with E-state index < -0.39 is 18.1 Å². The Hall–Kier alpha value is -2.82. The summed E-state index contributed by atoms with van der Waals surface area (Å²) in [7, 11) is 0. The van der Waals surface area contributed by atoms with E-state index in [0.717, 1.165) is 24.0 Å². The van der Waals surface area contributed by atoms with Crippen LogP contribution in [0.25, 0.3) is 0 Å². The standard InChI is InChI=1S/C20H21NO4/c22-19(23)18-17(16-10-5-2-6-11-16)12-7-13-21(18)20(24)25-14-15-8-3-1-4-9-15/h1-6,8-11,17-18H,7,12-14H2,(H,22,23)/t17-,18+/m1/s1. The van der Waals surface area contributed by atoms with Gasteiger partial charge in [0.1, 0.15) is 12.6 Å². The Labute approximate surface area is 146 Å². The molecule has 2 atom stereocenters. The molecule has 3 rings (SSSR count). The van der Waals surface area contributed by atoms with E-state index in [-0.39, 0.29) is 12.5 Å². The predicted octanol–water partition coefficient (Wildman–Crippen LogP) is 3.66. The van der Waals surface area contributed by atoms with Gasteiger partial charge in [0.15, 0.2) is 0 Å². The number of carbonyl (C=O) groups is 2. The zero-order valence-corrected chi connectivity index (χ0v) is 13.9. The number of hydrogen-bond donors (Lipinski definition) is 1. The molecular weight excluding hydrogens is 318 g/mol. The van der Waals surface area contributed by atoms with Gasteiger partial charge in [0, 0.05) is 12.5 Å². The normalized spacial score (nSPS) is 20.1. The van der Waals surface area contributed by atoms with Crippen LogP contribution in [0.4, 0.5) is 4.79 Å². The minimum atomic E-state index is -0.995. The van der Waals surface area contributed by atoms with Gasteiger partial charge >= 0.3 is 12.1 Å². The van der Waals surface area contributed by atoms with Crippen molar-refractivity contribution >= 4 is 12.1 Å². The molecule has 1 fully saturated rings. The summed E-state index contributed by atoms with van der Waals surface area (Å²) in [6.45, 7) is 0.534. The minimum Gasteiger partial charge on any atom is -0.480 e. The highest BCUT2D eigenvalue weighted by atomic mass is 16.6. The number of aliphatic carboxylic acids is 1. The Morgan fingerprint density at radius 3 is 2.32 bits per heavy atom. The molecule has 0 saturated carbocycles. The fourth-order valence-corrected chi connectivity index (χ4v) is 3.36. The van der Waals surface area contributed by atoms with Crippen LogP contribution in [-0.2, 0) is 16.1 Å². The largest absolute Gasteiger partial charge is 0.480 e. The smallest absolute Gasteiger partial charge is 0.410 e. The topological polar surface area (TPSA) is 66.8 Å². The van der Waals surface area contributed by atoms with Crippen LogP contribution in [-0.4, -0.2) is 34.7 Å². The van der Waals surface area contributed by atoms with Gasteiger partial charge in [0.05, 0.1) is 0 Å². The second-order valence-electron chi connectivity index (χ2n) is 6.18. The van der Waals surface area contributed by atoms with E-state index in [1.54, 1.807) is 0 Å². The summed E-state index contributed by atoms with van der Waals surface area (Å²) in [5.74, 6) is -1.22. The lowest BCUT2D eigenvalue weighted by atomic mass is 9.83. The Balaban J connectivity index is 1.74. The van der Waals surface area contributed by atoms with Gasteiger partial charge in [-0.25, -0.2) is 9.59 Å². The molecular formula is C20H21NO4. The first-order chi connectivity index (χ1) is 12.2. The van der Waals surface area contributed by atoms with E-state index >= 15 is 0 Å². The van der Waals surface area contributed by atoms with Gasteiger partial charge in [-0.3, -0.25) is 4.90 Å². The van der Waals surface area contributed by atoms with Gasteiger partial charge < -0.3 is 9.84 Å². The molecule has 0 unspecified atom stereocenters. The summed E-state index contributed by atoms with van der Waals surface area (Å²) in [5.41, 5.74) is 1.81. The van der Waals surface area contributed by atoms with Crippen LogP contribution in [0.15, 0.2) is 60.7 Å². The molecule has 0 spiro atoms. The van der Waals surface area contributed by atoms with Crippen LogP contribution in [0.1, 0.15) is 29.9 Å². The van der Waals surface area contributed by atoms with Gasteiger partial charge in [0.2, 0.25) is 0 Å². The summed E-state index contributed by atoms with van der Waals surface area (Å²) < 4.78 is 5.36. The van der Waals surface area contributed by atoms with Crippen molar-refractivity contribution in [2.75, 3.05) is 6.54 Å². The molecule has 5 nitrogen and oxygen atoms in total. The van der Waals surface area contributed by atoms with Crippen molar-refractivity contribution in [3.8, 4) is 0 Å². The fraction of sp³-hybridized carbons (Fsp3) is 0.300. The third-order valence-corrected chi connectivity index (χ3v) is 4.55. The molecule has 0 aromatic heterocycles. The molecule has 0 bridgehead atoms. The third kappa shape index (κ3) is 3.99. The van der Waals surface area contributed by atoms with Crippen molar-refractivity contribution in [3.63, 3.8) is 0 Å². The molecule has 1 aliphatic heterocycles. The number of rotatable bonds is 4. The summed E-state index contributed by atoms with van der Waals surface area (Å²) in [6.07, 6.45) is 0.921. The number of benzene rings is 2. The molecule has 2 aromatic carbocycles. The van der Waals surface area contributed by atoms with Crippen molar-refractivity contribution < 1.29 is 19.4 Å². The summed E-state index contributed by atoms with van der Waals surface area (Å²) in [4.78, 5) is 25.7. The number of hydrogen-bond acceptors (Lipinski definition) is 3. The lowest BCUT2D eigenvalue weighted by Crippen LogP contribution is -2.51. The highest BCUT2D eigenvalue weighted by Crippen LogP contribution is 2.33. The second kappa shape index (κ2) is 7.83. The van der Waals surface area contributed by atoms with Gasteiger partial charge in [-0.05, 0) is 24.0 Å². The van der Waals surface area contributed by atoms with Crippen molar-refractivity contribution in [1.82, 2.24) is 4.90 Å². The first-order valence-corrected chi connectivity index (χ1v) is 8.42. The molecule has 130 valence electrons. The van der Waals surface area contributed by atoms with E-state index in [2.05, 4.69) is 0 Å². The maximum absolute atomic E-state index is 12.5. The first kappa shape index (κ1) is 17.0. The molecule has 1 aliphatic rings. The van der Waals surface area contributed by atoms with Crippen LogP contribution in [0.3, 0.4) is 0 Å². The van der Waals surface area contributed by atoms with Crippen molar-refractivity contribution in [3.05, 3.63) is 71.8 Å². The number of carboxylic acid groups (broad SMARTS) is 1. The Morgan fingerprint density at radius 2 is 1.68 bits per heavy atom. The van der Waals surface area contributed by atoms with E-state index in [9.17, 15) is 14.7 Å². The van der Waals surface area contributed by atoms with Crippen LogP contribution in [0, 0.1) is 0 Å². The molecule has 1 N–H and O–H groups in total. The maximum Gasteiger partial charge on any atom is 0.410 e. The van der Waals surface area contributed by atoms with Gasteiger partial charge in [0.25, 0.3) is 0 Å². The average Bonchev–Trinajstić information content (AvgIpc) is 2.67. The minimum absolute atomic E-state index is 0.137. The maximum atomic E-state index is 12.5. The van der Waals surface area contributed by atoms with Gasteiger partial charge in [-0.1, -0.05) is 60.7 Å². The van der Waals surface area contributed by atoms with Crippen LogP contribution in [0.5, 0.6) is 0 Å². The summed E-state index contributed by atoms with van der Waals surface area (Å²) >= 11 is 0. The predicted molar refractivity (Wildman–Crippen MR) is 93.2 cm³/mol. The SMILES string of the molecule is O=C(O)[C@@H]1[C@@H](c2ccccc2)CCCN1C(=O)OCc1ccccc1. The molecule has 0 aliphatic carbocycles. The number of carboxylic acids is 1. The molecule has 0 radical (unpaired) electrons. The zero-order valence-electron chi connectivity index (χ0n) is 13.9. The molecule has 1 saturated heterocycles. The van der Waals surface area contributed by atoms with Crippen molar-refractivity contribution in [2.45, 2.75) is 31.4 Å². The van der Waals surface area contributed by atoms with Gasteiger partial charge in [-0.2, -0.15) is 0 Å². The number of amides is 1. The quantitative estimate of drug-likeness (QED) is 0.923.